The number of allylic oxidation sites excluding steroid dienone is 5. The van der Waals surface area contributed by atoms with Crippen LogP contribution < -0.4 is 0 Å². The lowest BCUT2D eigenvalue weighted by molar-refractivity contribution is 0.0612. The lowest BCUT2D eigenvalue weighted by Crippen LogP contribution is -2.55. The first-order chi connectivity index (χ1) is 14.2. The molecule has 0 N–H and O–H groups in total. The van der Waals surface area contributed by atoms with Gasteiger partial charge in [0.25, 0.3) is 0 Å². The van der Waals surface area contributed by atoms with E-state index < -0.39 is 0 Å². The summed E-state index contributed by atoms with van der Waals surface area (Å²) in [6, 6.07) is 10.3. The number of rotatable bonds is 6. The van der Waals surface area contributed by atoms with Gasteiger partial charge in [-0.25, -0.2) is 9.10 Å². The Kier molecular flexibility index (Phi) is 9.25. The van der Waals surface area contributed by atoms with Crippen LogP contribution in [0.1, 0.15) is 47.1 Å². The van der Waals surface area contributed by atoms with Crippen molar-refractivity contribution in [1.82, 2.24) is 9.21 Å². The van der Waals surface area contributed by atoms with Crippen molar-refractivity contribution in [2.24, 2.45) is 5.41 Å². The average Bonchev–Trinajstić information content (AvgIpc) is 2.68. The van der Waals surface area contributed by atoms with Gasteiger partial charge in [-0.05, 0) is 49.8 Å². The van der Waals surface area contributed by atoms with Gasteiger partial charge in [-0.2, -0.15) is 0 Å². The predicted octanol–water partition coefficient (Wildman–Crippen LogP) is 6.43. The Morgan fingerprint density at radius 3 is 2.37 bits per heavy atom. The van der Waals surface area contributed by atoms with Crippen molar-refractivity contribution < 1.29 is 9.53 Å². The molecule has 5 heteroatoms. The number of carbonyl (C=O) groups is 1. The monoisotopic (exact) mass is 428 g/mol. The van der Waals surface area contributed by atoms with Gasteiger partial charge in [-0.15, -0.1) is 0 Å². The molecule has 2 rings (SSSR count). The molecule has 1 aromatic rings. The van der Waals surface area contributed by atoms with Crippen molar-refractivity contribution in [3.63, 3.8) is 0 Å². The SMILES string of the molecule is C\C=C/C(=C\C=C\C(C)(C)C)SN1C(C)CN(C(=O)OCc2ccccc2)CC1C. The number of hydrogen-bond acceptors (Lipinski definition) is 4. The molecule has 30 heavy (non-hydrogen) atoms. The maximum atomic E-state index is 12.6. The highest BCUT2D eigenvalue weighted by Gasteiger charge is 2.33. The van der Waals surface area contributed by atoms with E-state index in [1.54, 1.807) is 11.9 Å². The molecule has 1 saturated heterocycles. The fourth-order valence-corrected chi connectivity index (χ4v) is 4.35. The Balaban J connectivity index is 1.96. The Morgan fingerprint density at radius 2 is 1.80 bits per heavy atom. The van der Waals surface area contributed by atoms with Crippen LogP contribution in [0, 0.1) is 5.41 Å². The van der Waals surface area contributed by atoms with E-state index >= 15 is 0 Å². The van der Waals surface area contributed by atoms with Gasteiger partial charge in [0.05, 0.1) is 0 Å². The van der Waals surface area contributed by atoms with E-state index in [-0.39, 0.29) is 23.6 Å². The second-order valence-electron chi connectivity index (χ2n) is 8.89. The largest absolute Gasteiger partial charge is 0.445 e. The number of piperazine rings is 1. The summed E-state index contributed by atoms with van der Waals surface area (Å²) < 4.78 is 7.92. The number of benzene rings is 1. The third-order valence-electron chi connectivity index (χ3n) is 4.70. The molecule has 1 aliphatic heterocycles. The van der Waals surface area contributed by atoms with Crippen LogP contribution in [0.4, 0.5) is 4.79 Å². The highest BCUT2D eigenvalue weighted by Crippen LogP contribution is 2.31. The molecule has 0 radical (unpaired) electrons. The van der Waals surface area contributed by atoms with Gasteiger partial charge >= 0.3 is 6.09 Å². The lowest BCUT2D eigenvalue weighted by atomic mass is 9.96. The molecule has 0 saturated carbocycles. The molecule has 1 aromatic carbocycles. The Bertz CT molecular complexity index is 753. The third-order valence-corrected chi connectivity index (χ3v) is 6.11. The zero-order valence-corrected chi connectivity index (χ0v) is 20.0. The van der Waals surface area contributed by atoms with E-state index in [1.165, 1.54) is 4.91 Å². The topological polar surface area (TPSA) is 32.8 Å². The molecule has 2 unspecified atom stereocenters. The lowest BCUT2D eigenvalue weighted by Gasteiger charge is -2.43. The van der Waals surface area contributed by atoms with Crippen molar-refractivity contribution >= 4 is 18.0 Å². The Hall–Kier alpha value is -1.98. The smallest absolute Gasteiger partial charge is 0.410 e. The van der Waals surface area contributed by atoms with Crippen LogP contribution in [0.5, 0.6) is 0 Å². The fourth-order valence-electron chi connectivity index (χ4n) is 3.28. The van der Waals surface area contributed by atoms with E-state index in [2.05, 4.69) is 69.3 Å². The van der Waals surface area contributed by atoms with Crippen LogP contribution in [-0.2, 0) is 11.3 Å². The van der Waals surface area contributed by atoms with Crippen LogP contribution >= 0.6 is 11.9 Å². The Morgan fingerprint density at radius 1 is 1.17 bits per heavy atom. The van der Waals surface area contributed by atoms with Crippen molar-refractivity contribution in [1.29, 1.82) is 0 Å². The van der Waals surface area contributed by atoms with E-state index in [1.807, 2.05) is 42.2 Å². The molecule has 1 heterocycles. The maximum absolute atomic E-state index is 12.6. The standard InChI is InChI=1S/C25H36N2O2S/c1-7-12-23(15-11-16-25(4,5)6)30-27-20(2)17-26(18-21(27)3)24(28)29-19-22-13-9-8-10-14-22/h7-16,20-21H,17-19H2,1-6H3/b12-7-,16-11+,23-15+. The number of ether oxygens (including phenoxy) is 1. The minimum atomic E-state index is -0.237. The third kappa shape index (κ3) is 8.04. The first-order valence-electron chi connectivity index (χ1n) is 10.6. The summed E-state index contributed by atoms with van der Waals surface area (Å²) in [6.45, 7) is 14.6. The van der Waals surface area contributed by atoms with Crippen LogP contribution in [0.25, 0.3) is 0 Å². The quantitative estimate of drug-likeness (QED) is 0.386. The van der Waals surface area contributed by atoms with Gasteiger partial charge in [0.2, 0.25) is 0 Å². The van der Waals surface area contributed by atoms with Crippen LogP contribution in [0.3, 0.4) is 0 Å². The van der Waals surface area contributed by atoms with Crippen LogP contribution in [0.15, 0.2) is 65.6 Å². The van der Waals surface area contributed by atoms with E-state index in [9.17, 15) is 4.79 Å². The van der Waals surface area contributed by atoms with Crippen LogP contribution in [0.2, 0.25) is 0 Å². The maximum Gasteiger partial charge on any atom is 0.410 e. The van der Waals surface area contributed by atoms with Gasteiger partial charge in [-0.3, -0.25) is 0 Å². The van der Waals surface area contributed by atoms with Gasteiger partial charge in [0, 0.05) is 30.1 Å². The molecule has 0 aromatic heterocycles. The van der Waals surface area contributed by atoms with Crippen LogP contribution in [-0.4, -0.2) is 40.5 Å². The molecule has 0 bridgehead atoms. The summed E-state index contributed by atoms with van der Waals surface area (Å²) in [5.74, 6) is 0. The number of hydrogen-bond donors (Lipinski definition) is 0. The molecular formula is C25H36N2O2S. The summed E-state index contributed by atoms with van der Waals surface area (Å²) in [4.78, 5) is 15.6. The Labute approximate surface area is 186 Å². The first kappa shape index (κ1) is 24.3. The van der Waals surface area contributed by atoms with E-state index in [0.717, 1.165) is 5.56 Å². The first-order valence-corrected chi connectivity index (χ1v) is 11.4. The average molecular weight is 429 g/mol. The highest BCUT2D eigenvalue weighted by molar-refractivity contribution is 8.01. The van der Waals surface area contributed by atoms with Crippen molar-refractivity contribution in [3.8, 4) is 0 Å². The minimum Gasteiger partial charge on any atom is -0.445 e. The second-order valence-corrected chi connectivity index (χ2v) is 9.96. The molecule has 1 fully saturated rings. The molecular weight excluding hydrogens is 392 g/mol. The molecule has 4 nitrogen and oxygen atoms in total. The predicted molar refractivity (Wildman–Crippen MR) is 128 cm³/mol. The second kappa shape index (κ2) is 11.4. The summed E-state index contributed by atoms with van der Waals surface area (Å²) >= 11 is 1.76. The van der Waals surface area contributed by atoms with E-state index in [0.29, 0.717) is 19.7 Å². The molecule has 1 amide bonds. The fraction of sp³-hybridized carbons (Fsp3) is 0.480. The molecule has 0 aliphatic carbocycles. The summed E-state index contributed by atoms with van der Waals surface area (Å²) in [5.41, 5.74) is 1.17. The molecule has 164 valence electrons. The summed E-state index contributed by atoms with van der Waals surface area (Å²) in [6.07, 6.45) is 10.5. The number of amides is 1. The van der Waals surface area contributed by atoms with Gasteiger partial charge in [-0.1, -0.05) is 75.4 Å². The summed E-state index contributed by atoms with van der Waals surface area (Å²) in [5, 5.41) is 0. The normalized spacial score (nSPS) is 21.5. The zero-order valence-electron chi connectivity index (χ0n) is 19.2. The zero-order chi connectivity index (χ0) is 22.1. The molecule has 0 spiro atoms. The minimum absolute atomic E-state index is 0.161. The molecule has 2 atom stereocenters. The highest BCUT2D eigenvalue weighted by atomic mass is 32.2. The number of carbonyl (C=O) groups excluding carboxylic acids is 1. The van der Waals surface area contributed by atoms with Crippen molar-refractivity contribution in [2.45, 2.75) is 60.2 Å². The summed E-state index contributed by atoms with van der Waals surface area (Å²) in [7, 11) is 0. The van der Waals surface area contributed by atoms with Crippen molar-refractivity contribution in [2.75, 3.05) is 13.1 Å². The van der Waals surface area contributed by atoms with Gasteiger partial charge < -0.3 is 9.64 Å². The molecule has 1 aliphatic rings. The van der Waals surface area contributed by atoms with Crippen molar-refractivity contribution in [3.05, 3.63) is 71.2 Å². The van der Waals surface area contributed by atoms with E-state index in [4.69, 9.17) is 4.74 Å². The van der Waals surface area contributed by atoms with Gasteiger partial charge in [0.15, 0.2) is 0 Å². The number of nitrogens with zero attached hydrogens (tertiary/aromatic N) is 2. The van der Waals surface area contributed by atoms with Gasteiger partial charge in [0.1, 0.15) is 6.61 Å².